The lowest BCUT2D eigenvalue weighted by atomic mass is 9.97. The predicted octanol–water partition coefficient (Wildman–Crippen LogP) is 3.44. The summed E-state index contributed by atoms with van der Waals surface area (Å²) in [6.45, 7) is 4.41. The third kappa shape index (κ3) is 3.94. The average Bonchev–Trinajstić information content (AvgIpc) is 2.40. The van der Waals surface area contributed by atoms with Gasteiger partial charge in [-0.2, -0.15) is 0 Å². The highest BCUT2D eigenvalue weighted by molar-refractivity contribution is 6.31. The van der Waals surface area contributed by atoms with Gasteiger partial charge in [0.2, 0.25) is 0 Å². The summed E-state index contributed by atoms with van der Waals surface area (Å²) >= 11 is 6.08. The lowest BCUT2D eigenvalue weighted by molar-refractivity contribution is 0.105. The van der Waals surface area contributed by atoms with E-state index in [9.17, 15) is 4.39 Å². The maximum atomic E-state index is 13.0. The van der Waals surface area contributed by atoms with Crippen LogP contribution < -0.4 is 0 Å². The van der Waals surface area contributed by atoms with Crippen molar-refractivity contribution in [2.75, 3.05) is 27.2 Å². The highest BCUT2D eigenvalue weighted by Gasteiger charge is 2.25. The number of benzene rings is 1. The van der Waals surface area contributed by atoms with E-state index in [1.807, 2.05) is 0 Å². The van der Waals surface area contributed by atoms with Gasteiger partial charge in [-0.1, -0.05) is 17.7 Å². The van der Waals surface area contributed by atoms with Crippen molar-refractivity contribution >= 4 is 11.6 Å². The van der Waals surface area contributed by atoms with Crippen molar-refractivity contribution in [3.05, 3.63) is 34.6 Å². The number of likely N-dealkylation sites (N-methyl/N-ethyl adjacent to an activating group) is 1. The quantitative estimate of drug-likeness (QED) is 0.840. The first-order chi connectivity index (χ1) is 9.47. The zero-order valence-electron chi connectivity index (χ0n) is 12.6. The van der Waals surface area contributed by atoms with Crippen LogP contribution in [0.25, 0.3) is 0 Å². The van der Waals surface area contributed by atoms with Crippen LogP contribution in [0.1, 0.15) is 25.3 Å². The molecule has 0 aliphatic carbocycles. The molecule has 0 radical (unpaired) electrons. The fourth-order valence-corrected chi connectivity index (χ4v) is 3.13. The molecule has 0 unspecified atom stereocenters. The van der Waals surface area contributed by atoms with Crippen LogP contribution in [0.15, 0.2) is 18.2 Å². The standard InChI is InChI=1S/C16H24ClFN2/c1-12-10-15(7-9-19(12)2)20(3)8-6-13-4-5-14(18)11-16(13)17/h4-5,11-12,15H,6-10H2,1-3H3/t12-,15-/m1/s1. The smallest absolute Gasteiger partial charge is 0.124 e. The molecule has 0 spiro atoms. The maximum absolute atomic E-state index is 13.0. The molecule has 0 bridgehead atoms. The largest absolute Gasteiger partial charge is 0.304 e. The molecule has 20 heavy (non-hydrogen) atoms. The molecule has 0 saturated carbocycles. The minimum atomic E-state index is -0.267. The lowest BCUT2D eigenvalue weighted by Gasteiger charge is -2.39. The minimum absolute atomic E-state index is 0.267. The first kappa shape index (κ1) is 15.7. The molecule has 2 atom stereocenters. The van der Waals surface area contributed by atoms with Crippen LogP contribution in [0, 0.1) is 5.82 Å². The van der Waals surface area contributed by atoms with Gasteiger partial charge in [-0.25, -0.2) is 4.39 Å². The van der Waals surface area contributed by atoms with Crippen LogP contribution in [0.2, 0.25) is 5.02 Å². The van der Waals surface area contributed by atoms with E-state index in [0.29, 0.717) is 17.1 Å². The van der Waals surface area contributed by atoms with Crippen LogP contribution in [0.4, 0.5) is 4.39 Å². The van der Waals surface area contributed by atoms with Crippen molar-refractivity contribution in [1.29, 1.82) is 0 Å². The Labute approximate surface area is 126 Å². The molecule has 0 N–H and O–H groups in total. The second-order valence-corrected chi connectivity index (χ2v) is 6.38. The van der Waals surface area contributed by atoms with Gasteiger partial charge in [0, 0.05) is 23.7 Å². The van der Waals surface area contributed by atoms with E-state index < -0.39 is 0 Å². The number of piperidine rings is 1. The molecule has 2 rings (SSSR count). The van der Waals surface area contributed by atoms with E-state index in [4.69, 9.17) is 11.6 Å². The Morgan fingerprint density at radius 1 is 1.45 bits per heavy atom. The summed E-state index contributed by atoms with van der Waals surface area (Å²) in [7, 11) is 4.37. The van der Waals surface area contributed by atoms with E-state index in [2.05, 4.69) is 30.8 Å². The summed E-state index contributed by atoms with van der Waals surface area (Å²) in [5.74, 6) is -0.267. The minimum Gasteiger partial charge on any atom is -0.304 e. The van der Waals surface area contributed by atoms with Gasteiger partial charge in [0.1, 0.15) is 5.82 Å². The van der Waals surface area contributed by atoms with Gasteiger partial charge in [0.15, 0.2) is 0 Å². The topological polar surface area (TPSA) is 6.48 Å². The van der Waals surface area contributed by atoms with Crippen LogP contribution in [-0.2, 0) is 6.42 Å². The lowest BCUT2D eigenvalue weighted by Crippen LogP contribution is -2.46. The maximum Gasteiger partial charge on any atom is 0.124 e. The number of hydrogen-bond donors (Lipinski definition) is 0. The molecule has 1 aromatic rings. The normalized spacial score (nSPS) is 24.3. The Bertz CT molecular complexity index is 452. The highest BCUT2D eigenvalue weighted by Crippen LogP contribution is 2.21. The summed E-state index contributed by atoms with van der Waals surface area (Å²) in [4.78, 5) is 4.84. The molecule has 1 saturated heterocycles. The van der Waals surface area contributed by atoms with Crippen LogP contribution >= 0.6 is 11.6 Å². The van der Waals surface area contributed by atoms with Gasteiger partial charge < -0.3 is 9.80 Å². The average molecular weight is 299 g/mol. The second-order valence-electron chi connectivity index (χ2n) is 5.97. The molecule has 1 fully saturated rings. The van der Waals surface area contributed by atoms with Crippen LogP contribution in [0.5, 0.6) is 0 Å². The molecular formula is C16H24ClFN2. The zero-order valence-corrected chi connectivity index (χ0v) is 13.3. The van der Waals surface area contributed by atoms with E-state index in [1.165, 1.54) is 25.0 Å². The number of rotatable bonds is 4. The first-order valence-electron chi connectivity index (χ1n) is 7.31. The Kier molecular flexibility index (Phi) is 5.42. The van der Waals surface area contributed by atoms with E-state index >= 15 is 0 Å². The molecule has 4 heteroatoms. The van der Waals surface area contributed by atoms with Crippen molar-refractivity contribution in [2.45, 2.75) is 38.3 Å². The molecule has 0 aromatic heterocycles. The van der Waals surface area contributed by atoms with E-state index in [-0.39, 0.29) is 5.82 Å². The molecule has 2 nitrogen and oxygen atoms in total. The zero-order chi connectivity index (χ0) is 14.7. The SMILES string of the molecule is C[C@@H]1C[C@H](N(C)CCc2ccc(F)cc2Cl)CCN1C. The van der Waals surface area contributed by atoms with Gasteiger partial charge in [0.05, 0.1) is 0 Å². The van der Waals surface area contributed by atoms with Gasteiger partial charge >= 0.3 is 0 Å². The summed E-state index contributed by atoms with van der Waals surface area (Å²) in [6.07, 6.45) is 3.30. The van der Waals surface area contributed by atoms with Crippen molar-refractivity contribution in [1.82, 2.24) is 9.80 Å². The fraction of sp³-hybridized carbons (Fsp3) is 0.625. The number of likely N-dealkylation sites (tertiary alicyclic amines) is 1. The fourth-order valence-electron chi connectivity index (χ4n) is 2.87. The number of hydrogen-bond acceptors (Lipinski definition) is 2. The Morgan fingerprint density at radius 3 is 2.85 bits per heavy atom. The number of nitrogens with zero attached hydrogens (tertiary/aromatic N) is 2. The molecule has 1 aliphatic heterocycles. The van der Waals surface area contributed by atoms with E-state index in [1.54, 1.807) is 6.07 Å². The van der Waals surface area contributed by atoms with Gasteiger partial charge in [-0.3, -0.25) is 0 Å². The predicted molar refractivity (Wildman–Crippen MR) is 82.9 cm³/mol. The van der Waals surface area contributed by atoms with E-state index in [0.717, 1.165) is 25.1 Å². The first-order valence-corrected chi connectivity index (χ1v) is 7.69. The highest BCUT2D eigenvalue weighted by atomic mass is 35.5. The molecule has 1 heterocycles. The van der Waals surface area contributed by atoms with Gasteiger partial charge in [-0.05, 0) is 64.5 Å². The monoisotopic (exact) mass is 298 g/mol. The van der Waals surface area contributed by atoms with Crippen molar-refractivity contribution in [3.63, 3.8) is 0 Å². The van der Waals surface area contributed by atoms with Crippen molar-refractivity contribution in [3.8, 4) is 0 Å². The summed E-state index contributed by atoms with van der Waals surface area (Å²) in [6, 6.07) is 5.96. The Hall–Kier alpha value is -0.640. The van der Waals surface area contributed by atoms with Gasteiger partial charge in [0.25, 0.3) is 0 Å². The molecule has 112 valence electrons. The molecule has 0 amide bonds. The summed E-state index contributed by atoms with van der Waals surface area (Å²) in [5, 5.41) is 0.537. The van der Waals surface area contributed by atoms with Gasteiger partial charge in [-0.15, -0.1) is 0 Å². The van der Waals surface area contributed by atoms with Crippen LogP contribution in [0.3, 0.4) is 0 Å². The van der Waals surface area contributed by atoms with Crippen molar-refractivity contribution in [2.24, 2.45) is 0 Å². The van der Waals surface area contributed by atoms with Crippen LogP contribution in [-0.4, -0.2) is 49.1 Å². The Morgan fingerprint density at radius 2 is 2.20 bits per heavy atom. The third-order valence-corrected chi connectivity index (χ3v) is 4.90. The number of halogens is 2. The second kappa shape index (κ2) is 6.88. The molecule has 1 aliphatic rings. The third-order valence-electron chi connectivity index (χ3n) is 4.55. The summed E-state index contributed by atoms with van der Waals surface area (Å²) < 4.78 is 13.0. The summed E-state index contributed by atoms with van der Waals surface area (Å²) in [5.41, 5.74) is 1.03. The van der Waals surface area contributed by atoms with Crippen molar-refractivity contribution < 1.29 is 4.39 Å². The molecular weight excluding hydrogens is 275 g/mol. The molecule has 1 aromatic carbocycles. The Balaban J connectivity index is 1.87.